The Kier molecular flexibility index (Phi) is 6.53. The number of amides is 2. The van der Waals surface area contributed by atoms with Gasteiger partial charge in [-0.25, -0.2) is 4.79 Å². The third-order valence-corrected chi connectivity index (χ3v) is 4.61. The van der Waals surface area contributed by atoms with E-state index >= 15 is 0 Å². The molecule has 2 heterocycles. The summed E-state index contributed by atoms with van der Waals surface area (Å²) in [4.78, 5) is 14.3. The first-order valence-corrected chi connectivity index (χ1v) is 9.26. The number of rotatable bonds is 6. The highest BCUT2D eigenvalue weighted by Crippen LogP contribution is 2.21. The third-order valence-electron chi connectivity index (χ3n) is 4.61. The second-order valence-corrected chi connectivity index (χ2v) is 6.57. The molecule has 2 atom stereocenters. The molecule has 0 bridgehead atoms. The minimum atomic E-state index is -0.0827. The highest BCUT2D eigenvalue weighted by Gasteiger charge is 2.24. The number of nitrogens with zero attached hydrogens (tertiary/aromatic N) is 1. The molecule has 6 heteroatoms. The van der Waals surface area contributed by atoms with E-state index in [9.17, 15) is 4.79 Å². The zero-order valence-corrected chi connectivity index (χ0v) is 14.9. The predicted molar refractivity (Wildman–Crippen MR) is 96.2 cm³/mol. The van der Waals surface area contributed by atoms with E-state index in [0.29, 0.717) is 19.8 Å². The molecular formula is C19H28N2O4. The first kappa shape index (κ1) is 18.0. The van der Waals surface area contributed by atoms with Crippen molar-refractivity contribution < 1.29 is 19.0 Å². The van der Waals surface area contributed by atoms with Crippen LogP contribution in [0.25, 0.3) is 0 Å². The summed E-state index contributed by atoms with van der Waals surface area (Å²) < 4.78 is 17.0. The number of hydrogen-bond donors (Lipinski definition) is 1. The molecule has 2 saturated heterocycles. The monoisotopic (exact) mass is 348 g/mol. The molecule has 3 rings (SSSR count). The van der Waals surface area contributed by atoms with Crippen molar-refractivity contribution in [2.24, 2.45) is 0 Å². The number of anilines is 1. The number of likely N-dealkylation sites (tertiary alicyclic amines) is 1. The van der Waals surface area contributed by atoms with Gasteiger partial charge >= 0.3 is 6.03 Å². The van der Waals surface area contributed by atoms with Crippen LogP contribution >= 0.6 is 0 Å². The zero-order chi connectivity index (χ0) is 17.5. The predicted octanol–water partition coefficient (Wildman–Crippen LogP) is 3.28. The molecule has 0 unspecified atom stereocenters. The van der Waals surface area contributed by atoms with E-state index in [1.54, 1.807) is 0 Å². The average Bonchev–Trinajstić information content (AvgIpc) is 3.14. The Bertz CT molecular complexity index is 558. The maximum Gasteiger partial charge on any atom is 0.321 e. The van der Waals surface area contributed by atoms with Crippen LogP contribution in [0.15, 0.2) is 24.3 Å². The van der Waals surface area contributed by atoms with Crippen LogP contribution in [0.3, 0.4) is 0 Å². The molecule has 1 aromatic rings. The van der Waals surface area contributed by atoms with E-state index in [-0.39, 0.29) is 18.2 Å². The molecule has 0 radical (unpaired) electrons. The Morgan fingerprint density at radius 3 is 3.08 bits per heavy atom. The van der Waals surface area contributed by atoms with Crippen LogP contribution < -0.4 is 10.1 Å². The first-order chi connectivity index (χ1) is 12.2. The number of carbonyl (C=O) groups excluding carboxylic acids is 1. The highest BCUT2D eigenvalue weighted by molar-refractivity contribution is 5.89. The van der Waals surface area contributed by atoms with Gasteiger partial charge in [0.25, 0.3) is 0 Å². The second-order valence-electron chi connectivity index (χ2n) is 6.57. The lowest BCUT2D eigenvalue weighted by atomic mass is 10.1. The van der Waals surface area contributed by atoms with Gasteiger partial charge in [0, 0.05) is 38.1 Å². The fraction of sp³-hybridized carbons (Fsp3) is 0.632. The molecule has 6 nitrogen and oxygen atoms in total. The molecule has 1 aromatic carbocycles. The van der Waals surface area contributed by atoms with Gasteiger partial charge in [-0.1, -0.05) is 6.07 Å². The average molecular weight is 348 g/mol. The minimum Gasteiger partial charge on any atom is -0.491 e. The highest BCUT2D eigenvalue weighted by atomic mass is 16.5. The van der Waals surface area contributed by atoms with Crippen molar-refractivity contribution in [2.75, 3.05) is 38.2 Å². The van der Waals surface area contributed by atoms with Crippen molar-refractivity contribution in [3.63, 3.8) is 0 Å². The molecule has 1 N–H and O–H groups in total. The molecule has 2 fully saturated rings. The van der Waals surface area contributed by atoms with E-state index in [2.05, 4.69) is 5.32 Å². The van der Waals surface area contributed by atoms with E-state index in [0.717, 1.165) is 50.3 Å². The number of urea groups is 1. The Labute approximate surface area is 149 Å². The Morgan fingerprint density at radius 2 is 2.28 bits per heavy atom. The number of benzene rings is 1. The van der Waals surface area contributed by atoms with E-state index < -0.39 is 0 Å². The van der Waals surface area contributed by atoms with Crippen LogP contribution in [0, 0.1) is 0 Å². The molecule has 2 amide bonds. The Balaban J connectivity index is 1.51. The topological polar surface area (TPSA) is 60.0 Å². The van der Waals surface area contributed by atoms with Gasteiger partial charge in [0.05, 0.1) is 12.2 Å². The van der Waals surface area contributed by atoms with Crippen LogP contribution in [-0.4, -0.2) is 56.0 Å². The van der Waals surface area contributed by atoms with Crippen LogP contribution in [0.5, 0.6) is 5.75 Å². The van der Waals surface area contributed by atoms with Gasteiger partial charge in [0.2, 0.25) is 0 Å². The summed E-state index contributed by atoms with van der Waals surface area (Å²) in [5, 5.41) is 2.96. The number of hydrogen-bond acceptors (Lipinski definition) is 4. The maximum atomic E-state index is 12.5. The van der Waals surface area contributed by atoms with Crippen LogP contribution in [-0.2, 0) is 9.47 Å². The van der Waals surface area contributed by atoms with Crippen molar-refractivity contribution >= 4 is 11.7 Å². The molecule has 0 aromatic heterocycles. The number of nitrogens with one attached hydrogen (secondary N) is 1. The lowest BCUT2D eigenvalue weighted by Crippen LogP contribution is -2.45. The zero-order valence-electron chi connectivity index (χ0n) is 14.9. The maximum absolute atomic E-state index is 12.5. The Hall–Kier alpha value is -1.79. The third kappa shape index (κ3) is 5.34. The SMILES string of the molecule is CCO[C@H]1CCCN(C(=O)Nc2cccc(OC[C@H]3CCCO3)c2)C1. The largest absolute Gasteiger partial charge is 0.491 e. The van der Waals surface area contributed by atoms with Crippen molar-refractivity contribution in [3.8, 4) is 5.75 Å². The summed E-state index contributed by atoms with van der Waals surface area (Å²) in [6.07, 6.45) is 4.47. The van der Waals surface area contributed by atoms with Gasteiger partial charge in [-0.15, -0.1) is 0 Å². The van der Waals surface area contributed by atoms with E-state index in [1.165, 1.54) is 0 Å². The standard InChI is InChI=1S/C19H28N2O4/c1-2-23-17-8-4-10-21(13-17)19(22)20-15-6-3-7-16(12-15)25-14-18-9-5-11-24-18/h3,6-7,12,17-18H,2,4-5,8-11,13-14H2,1H3,(H,20,22)/t17-,18+/m0/s1. The van der Waals surface area contributed by atoms with Crippen molar-refractivity contribution in [1.82, 2.24) is 4.90 Å². The van der Waals surface area contributed by atoms with Crippen LogP contribution in [0.4, 0.5) is 10.5 Å². The van der Waals surface area contributed by atoms with Crippen LogP contribution in [0.1, 0.15) is 32.6 Å². The smallest absolute Gasteiger partial charge is 0.321 e. The molecular weight excluding hydrogens is 320 g/mol. The summed E-state index contributed by atoms with van der Waals surface area (Å²) >= 11 is 0. The lowest BCUT2D eigenvalue weighted by molar-refractivity contribution is 0.0181. The molecule has 0 saturated carbocycles. The summed E-state index contributed by atoms with van der Waals surface area (Å²) in [6, 6.07) is 7.44. The van der Waals surface area contributed by atoms with Crippen molar-refractivity contribution in [2.45, 2.75) is 44.8 Å². The van der Waals surface area contributed by atoms with Gasteiger partial charge in [-0.2, -0.15) is 0 Å². The van der Waals surface area contributed by atoms with Crippen molar-refractivity contribution in [1.29, 1.82) is 0 Å². The number of piperidine rings is 1. The van der Waals surface area contributed by atoms with Gasteiger partial charge in [-0.05, 0) is 44.7 Å². The van der Waals surface area contributed by atoms with Crippen molar-refractivity contribution in [3.05, 3.63) is 24.3 Å². The summed E-state index contributed by atoms with van der Waals surface area (Å²) in [5.74, 6) is 0.749. The molecule has 138 valence electrons. The number of carbonyl (C=O) groups is 1. The fourth-order valence-corrected chi connectivity index (χ4v) is 3.33. The first-order valence-electron chi connectivity index (χ1n) is 9.26. The summed E-state index contributed by atoms with van der Waals surface area (Å²) in [7, 11) is 0. The minimum absolute atomic E-state index is 0.0827. The van der Waals surface area contributed by atoms with E-state index in [1.807, 2.05) is 36.1 Å². The van der Waals surface area contributed by atoms with Gasteiger partial charge in [-0.3, -0.25) is 0 Å². The molecule has 0 spiro atoms. The second kappa shape index (κ2) is 9.06. The summed E-state index contributed by atoms with van der Waals surface area (Å²) in [5.41, 5.74) is 0.744. The van der Waals surface area contributed by atoms with Gasteiger partial charge in [0.1, 0.15) is 12.4 Å². The quantitative estimate of drug-likeness (QED) is 0.857. The van der Waals surface area contributed by atoms with Crippen LogP contribution in [0.2, 0.25) is 0 Å². The fourth-order valence-electron chi connectivity index (χ4n) is 3.33. The van der Waals surface area contributed by atoms with E-state index in [4.69, 9.17) is 14.2 Å². The summed E-state index contributed by atoms with van der Waals surface area (Å²) in [6.45, 7) is 5.47. The Morgan fingerprint density at radius 1 is 1.36 bits per heavy atom. The molecule has 2 aliphatic heterocycles. The van der Waals surface area contributed by atoms with Gasteiger partial charge < -0.3 is 24.4 Å². The number of ether oxygens (including phenoxy) is 3. The normalized spacial score (nSPS) is 23.5. The molecule has 25 heavy (non-hydrogen) atoms. The lowest BCUT2D eigenvalue weighted by Gasteiger charge is -2.32. The van der Waals surface area contributed by atoms with Gasteiger partial charge in [0.15, 0.2) is 0 Å². The molecule has 2 aliphatic rings. The molecule has 0 aliphatic carbocycles.